The largest absolute Gasteiger partial charge is 0.399 e. The number of imidazole rings is 1. The molecule has 92 valence electrons. The summed E-state index contributed by atoms with van der Waals surface area (Å²) in [6, 6.07) is 6.29. The number of aromatic amines is 1. The number of hydrogen-bond acceptors (Lipinski definition) is 3. The molecule has 0 saturated heterocycles. The molecule has 0 atom stereocenters. The molecule has 0 amide bonds. The third kappa shape index (κ3) is 2.58. The first kappa shape index (κ1) is 11.9. The van der Waals surface area contributed by atoms with Crippen molar-refractivity contribution in [3.8, 4) is 0 Å². The van der Waals surface area contributed by atoms with Crippen molar-refractivity contribution in [3.05, 3.63) is 24.0 Å². The highest BCUT2D eigenvalue weighted by molar-refractivity contribution is 5.78. The summed E-state index contributed by atoms with van der Waals surface area (Å²) in [5.41, 5.74) is 8.51. The number of rotatable bonds is 4. The maximum atomic E-state index is 5.75. The lowest BCUT2D eigenvalue weighted by atomic mass is 10.3. The Balaban J connectivity index is 2.24. The Bertz CT molecular complexity index is 501. The first-order chi connectivity index (χ1) is 8.10. The average Bonchev–Trinajstić information content (AvgIpc) is 2.66. The van der Waals surface area contributed by atoms with Gasteiger partial charge in [0.1, 0.15) is 5.82 Å². The Labute approximate surface area is 102 Å². The lowest BCUT2D eigenvalue weighted by molar-refractivity contribution is 0.220. The smallest absolute Gasteiger partial charge is 0.121 e. The van der Waals surface area contributed by atoms with Gasteiger partial charge in [-0.1, -0.05) is 6.92 Å². The summed E-state index contributed by atoms with van der Waals surface area (Å²) in [6.45, 7) is 8.44. The second-order valence-electron chi connectivity index (χ2n) is 4.62. The molecule has 4 heteroatoms. The Kier molecular flexibility index (Phi) is 3.33. The molecule has 0 aliphatic rings. The van der Waals surface area contributed by atoms with Gasteiger partial charge in [0.05, 0.1) is 17.6 Å². The number of benzene rings is 1. The molecular formula is C13H20N4. The van der Waals surface area contributed by atoms with Gasteiger partial charge in [0, 0.05) is 11.7 Å². The second kappa shape index (κ2) is 4.75. The zero-order valence-electron chi connectivity index (χ0n) is 10.7. The molecule has 0 fully saturated rings. The van der Waals surface area contributed by atoms with Gasteiger partial charge in [-0.15, -0.1) is 0 Å². The van der Waals surface area contributed by atoms with Gasteiger partial charge in [-0.25, -0.2) is 4.98 Å². The number of fused-ring (bicyclic) bond motifs is 1. The summed E-state index contributed by atoms with van der Waals surface area (Å²) in [6.07, 6.45) is 0. The van der Waals surface area contributed by atoms with Gasteiger partial charge in [-0.3, -0.25) is 4.90 Å². The zero-order valence-corrected chi connectivity index (χ0v) is 10.7. The summed E-state index contributed by atoms with van der Waals surface area (Å²) >= 11 is 0. The average molecular weight is 232 g/mol. The minimum Gasteiger partial charge on any atom is -0.399 e. The van der Waals surface area contributed by atoms with E-state index in [2.05, 4.69) is 35.6 Å². The van der Waals surface area contributed by atoms with Crippen molar-refractivity contribution in [3.63, 3.8) is 0 Å². The van der Waals surface area contributed by atoms with Crippen LogP contribution in [0.4, 0.5) is 5.69 Å². The normalized spacial score (nSPS) is 11.8. The fraction of sp³-hybridized carbons (Fsp3) is 0.462. The number of hydrogen-bond donors (Lipinski definition) is 2. The second-order valence-corrected chi connectivity index (χ2v) is 4.62. The molecule has 0 spiro atoms. The zero-order chi connectivity index (χ0) is 12.4. The Morgan fingerprint density at radius 2 is 2.18 bits per heavy atom. The van der Waals surface area contributed by atoms with Gasteiger partial charge in [0.25, 0.3) is 0 Å². The number of H-pyrrole nitrogens is 1. The molecule has 1 aromatic carbocycles. The van der Waals surface area contributed by atoms with Gasteiger partial charge in [-0.05, 0) is 38.6 Å². The van der Waals surface area contributed by atoms with Crippen LogP contribution in [0.25, 0.3) is 11.0 Å². The van der Waals surface area contributed by atoms with Crippen LogP contribution in [0.5, 0.6) is 0 Å². The maximum absolute atomic E-state index is 5.75. The minimum atomic E-state index is 0.526. The molecular weight excluding hydrogens is 212 g/mol. The van der Waals surface area contributed by atoms with Gasteiger partial charge in [0.2, 0.25) is 0 Å². The van der Waals surface area contributed by atoms with E-state index in [1.807, 2.05) is 18.2 Å². The molecule has 2 aromatic rings. The Morgan fingerprint density at radius 3 is 2.82 bits per heavy atom. The van der Waals surface area contributed by atoms with Crippen LogP contribution in [0.1, 0.15) is 26.6 Å². The van der Waals surface area contributed by atoms with Gasteiger partial charge in [-0.2, -0.15) is 0 Å². The van der Waals surface area contributed by atoms with E-state index in [0.29, 0.717) is 6.04 Å². The van der Waals surface area contributed by atoms with Crippen LogP contribution < -0.4 is 5.73 Å². The molecule has 0 radical (unpaired) electrons. The number of aromatic nitrogens is 2. The highest BCUT2D eigenvalue weighted by Crippen LogP contribution is 2.16. The molecule has 1 heterocycles. The Hall–Kier alpha value is -1.55. The molecule has 2 rings (SSSR count). The van der Waals surface area contributed by atoms with Gasteiger partial charge in [0.15, 0.2) is 0 Å². The minimum absolute atomic E-state index is 0.526. The van der Waals surface area contributed by atoms with E-state index >= 15 is 0 Å². The number of anilines is 1. The molecule has 4 nitrogen and oxygen atoms in total. The lowest BCUT2D eigenvalue weighted by Gasteiger charge is -2.23. The van der Waals surface area contributed by atoms with Crippen LogP contribution in [-0.4, -0.2) is 27.5 Å². The van der Waals surface area contributed by atoms with E-state index < -0.39 is 0 Å². The van der Waals surface area contributed by atoms with Crippen molar-refractivity contribution in [1.29, 1.82) is 0 Å². The van der Waals surface area contributed by atoms with E-state index in [-0.39, 0.29) is 0 Å². The fourth-order valence-electron chi connectivity index (χ4n) is 2.01. The van der Waals surface area contributed by atoms with Crippen LogP contribution in [-0.2, 0) is 6.54 Å². The summed E-state index contributed by atoms with van der Waals surface area (Å²) in [5.74, 6) is 1.00. The molecule has 0 saturated carbocycles. The quantitative estimate of drug-likeness (QED) is 0.796. The molecule has 0 aliphatic carbocycles. The highest BCUT2D eigenvalue weighted by Gasteiger charge is 2.10. The van der Waals surface area contributed by atoms with Crippen molar-refractivity contribution in [2.75, 3.05) is 12.3 Å². The molecule has 3 N–H and O–H groups in total. The van der Waals surface area contributed by atoms with E-state index in [1.54, 1.807) is 0 Å². The standard InChI is InChI=1S/C13H20N4/c1-4-17(9(2)3)8-13-15-11-6-5-10(14)7-12(11)16-13/h5-7,9H,4,8,14H2,1-3H3,(H,15,16). The number of nitrogens with two attached hydrogens (primary N) is 1. The highest BCUT2D eigenvalue weighted by atomic mass is 15.2. The first-order valence-electron chi connectivity index (χ1n) is 6.08. The monoisotopic (exact) mass is 232 g/mol. The van der Waals surface area contributed by atoms with Crippen molar-refractivity contribution in [2.45, 2.75) is 33.4 Å². The lowest BCUT2D eigenvalue weighted by Crippen LogP contribution is -2.30. The summed E-state index contributed by atoms with van der Waals surface area (Å²) in [7, 11) is 0. The molecule has 17 heavy (non-hydrogen) atoms. The molecule has 0 aliphatic heterocycles. The van der Waals surface area contributed by atoms with Crippen LogP contribution >= 0.6 is 0 Å². The van der Waals surface area contributed by atoms with Crippen LogP contribution in [0, 0.1) is 0 Å². The topological polar surface area (TPSA) is 57.9 Å². The fourth-order valence-corrected chi connectivity index (χ4v) is 2.01. The molecule has 1 aromatic heterocycles. The van der Waals surface area contributed by atoms with Gasteiger partial charge >= 0.3 is 0 Å². The maximum Gasteiger partial charge on any atom is 0.121 e. The van der Waals surface area contributed by atoms with Crippen molar-refractivity contribution in [1.82, 2.24) is 14.9 Å². The number of nitrogens with zero attached hydrogens (tertiary/aromatic N) is 2. The number of nitrogen functional groups attached to an aromatic ring is 1. The van der Waals surface area contributed by atoms with E-state index in [4.69, 9.17) is 5.73 Å². The Morgan fingerprint density at radius 1 is 1.41 bits per heavy atom. The molecule has 0 unspecified atom stereocenters. The predicted octanol–water partition coefficient (Wildman–Crippen LogP) is 2.38. The SMILES string of the molecule is CCN(Cc1nc2ccc(N)cc2[nH]1)C(C)C. The summed E-state index contributed by atoms with van der Waals surface area (Å²) < 4.78 is 0. The first-order valence-corrected chi connectivity index (χ1v) is 6.08. The third-order valence-electron chi connectivity index (χ3n) is 3.04. The third-order valence-corrected chi connectivity index (χ3v) is 3.04. The molecule has 0 bridgehead atoms. The van der Waals surface area contributed by atoms with Crippen LogP contribution in [0.2, 0.25) is 0 Å². The van der Waals surface area contributed by atoms with E-state index in [0.717, 1.165) is 35.6 Å². The van der Waals surface area contributed by atoms with Crippen LogP contribution in [0.3, 0.4) is 0 Å². The van der Waals surface area contributed by atoms with Gasteiger partial charge < -0.3 is 10.7 Å². The van der Waals surface area contributed by atoms with Crippen molar-refractivity contribution < 1.29 is 0 Å². The van der Waals surface area contributed by atoms with Crippen molar-refractivity contribution >= 4 is 16.7 Å². The van der Waals surface area contributed by atoms with Crippen molar-refractivity contribution in [2.24, 2.45) is 0 Å². The van der Waals surface area contributed by atoms with E-state index in [9.17, 15) is 0 Å². The van der Waals surface area contributed by atoms with Crippen LogP contribution in [0.15, 0.2) is 18.2 Å². The van der Waals surface area contributed by atoms with E-state index in [1.165, 1.54) is 0 Å². The summed E-state index contributed by atoms with van der Waals surface area (Å²) in [5, 5.41) is 0. The number of nitrogens with one attached hydrogen (secondary N) is 1. The summed E-state index contributed by atoms with van der Waals surface area (Å²) in [4.78, 5) is 10.3. The predicted molar refractivity (Wildman–Crippen MR) is 71.7 cm³/mol.